The molecule has 7 heteroatoms. The Morgan fingerprint density at radius 1 is 1.20 bits per heavy atom. The third-order valence-electron chi connectivity index (χ3n) is 5.40. The van der Waals surface area contributed by atoms with Gasteiger partial charge in [-0.3, -0.25) is 9.69 Å². The van der Waals surface area contributed by atoms with Gasteiger partial charge in [-0.1, -0.05) is 47.3 Å². The maximum absolute atomic E-state index is 13.4. The van der Waals surface area contributed by atoms with E-state index in [1.165, 1.54) is 18.6 Å². The Hall–Kier alpha value is -2.25. The summed E-state index contributed by atoms with van der Waals surface area (Å²) >= 11 is 8.93. The van der Waals surface area contributed by atoms with Crippen molar-refractivity contribution in [2.75, 3.05) is 0 Å². The van der Waals surface area contributed by atoms with E-state index in [0.717, 1.165) is 41.3 Å². The van der Waals surface area contributed by atoms with Crippen molar-refractivity contribution < 1.29 is 13.9 Å². The molecule has 0 bridgehead atoms. The Bertz CT molecular complexity index is 1000. The van der Waals surface area contributed by atoms with Crippen LogP contribution in [-0.4, -0.2) is 22.0 Å². The van der Waals surface area contributed by atoms with Crippen LogP contribution in [0.1, 0.15) is 43.2 Å². The molecule has 1 aliphatic carbocycles. The number of nitrogens with one attached hydrogen (secondary N) is 1. The number of hydrogen-bond acceptors (Lipinski definition) is 3. The lowest BCUT2D eigenvalue weighted by Crippen LogP contribution is -2.41. The van der Waals surface area contributed by atoms with Gasteiger partial charge >= 0.3 is 0 Å². The summed E-state index contributed by atoms with van der Waals surface area (Å²) in [6, 6.07) is 12.1. The maximum Gasteiger partial charge on any atom is 0.276 e. The zero-order valence-electron chi connectivity index (χ0n) is 16.4. The first-order valence-corrected chi connectivity index (χ1v) is 11.2. The van der Waals surface area contributed by atoms with Crippen molar-refractivity contribution in [1.82, 2.24) is 10.2 Å². The molecule has 1 N–H and O–H groups in total. The van der Waals surface area contributed by atoms with Gasteiger partial charge < -0.3 is 10.1 Å². The molecule has 4 nitrogen and oxygen atoms in total. The number of carbonyl (C=O) groups excluding carboxylic acids is 1. The number of amides is 1. The number of ether oxygens (including phenoxy) is 1. The molecule has 0 radical (unpaired) electrons. The zero-order chi connectivity index (χ0) is 21.1. The minimum absolute atomic E-state index is 0.0945. The molecule has 1 saturated heterocycles. The van der Waals surface area contributed by atoms with Gasteiger partial charge in [0.25, 0.3) is 5.91 Å². The van der Waals surface area contributed by atoms with Gasteiger partial charge in [0.1, 0.15) is 23.9 Å². The van der Waals surface area contributed by atoms with Crippen LogP contribution in [0, 0.1) is 5.82 Å². The summed E-state index contributed by atoms with van der Waals surface area (Å²) in [6.45, 7) is 0.226. The summed E-state index contributed by atoms with van der Waals surface area (Å²) in [5.41, 5.74) is 1.92. The van der Waals surface area contributed by atoms with Crippen molar-refractivity contribution in [3.05, 3.63) is 69.6 Å². The molecule has 0 aromatic heterocycles. The van der Waals surface area contributed by atoms with Gasteiger partial charge in [-0.05, 0) is 67.0 Å². The molecule has 0 spiro atoms. The molecule has 0 unspecified atom stereocenters. The lowest BCUT2D eigenvalue weighted by molar-refractivity contribution is -0.124. The van der Waals surface area contributed by atoms with E-state index in [2.05, 4.69) is 21.2 Å². The normalized spacial score (nSPS) is 18.7. The van der Waals surface area contributed by atoms with Crippen molar-refractivity contribution in [2.24, 2.45) is 0 Å². The Morgan fingerprint density at radius 2 is 2.00 bits per heavy atom. The molecule has 1 aliphatic heterocycles. The largest absolute Gasteiger partial charge is 0.488 e. The van der Waals surface area contributed by atoms with E-state index < -0.39 is 0 Å². The van der Waals surface area contributed by atoms with Crippen LogP contribution in [0.3, 0.4) is 0 Å². The average Bonchev–Trinajstić information content (AvgIpc) is 3.01. The summed E-state index contributed by atoms with van der Waals surface area (Å²) < 4.78 is 20.2. The lowest BCUT2D eigenvalue weighted by Gasteiger charge is -2.29. The van der Waals surface area contributed by atoms with Crippen molar-refractivity contribution >= 4 is 45.2 Å². The van der Waals surface area contributed by atoms with Gasteiger partial charge in [0.2, 0.25) is 0 Å². The summed E-state index contributed by atoms with van der Waals surface area (Å²) in [4.78, 5) is 14.8. The van der Waals surface area contributed by atoms with E-state index in [1.807, 2.05) is 24.3 Å². The van der Waals surface area contributed by atoms with E-state index in [-0.39, 0.29) is 24.4 Å². The molecule has 0 atom stereocenters. The highest BCUT2D eigenvalue weighted by Gasteiger charge is 2.36. The number of carbonyl (C=O) groups is 1. The number of rotatable bonds is 5. The fraction of sp³-hybridized carbons (Fsp3) is 0.304. The van der Waals surface area contributed by atoms with Gasteiger partial charge in [0, 0.05) is 16.1 Å². The first-order valence-electron chi connectivity index (χ1n) is 10.0. The highest BCUT2D eigenvalue weighted by Crippen LogP contribution is 2.30. The molecule has 2 aromatic rings. The molecule has 4 rings (SSSR count). The Labute approximate surface area is 189 Å². The van der Waals surface area contributed by atoms with E-state index in [4.69, 9.17) is 17.0 Å². The van der Waals surface area contributed by atoms with Crippen LogP contribution in [0.2, 0.25) is 0 Å². The van der Waals surface area contributed by atoms with Gasteiger partial charge in [-0.25, -0.2) is 4.39 Å². The quantitative estimate of drug-likeness (QED) is 0.441. The predicted molar refractivity (Wildman–Crippen MR) is 122 cm³/mol. The molecular weight excluding hydrogens is 467 g/mol. The van der Waals surface area contributed by atoms with Crippen LogP contribution in [0.4, 0.5) is 4.39 Å². The third kappa shape index (κ3) is 4.73. The zero-order valence-corrected chi connectivity index (χ0v) is 18.8. The number of thiocarbonyl (C=S) groups is 1. The van der Waals surface area contributed by atoms with E-state index >= 15 is 0 Å². The minimum atomic E-state index is -0.300. The molecule has 1 saturated carbocycles. The van der Waals surface area contributed by atoms with Gasteiger partial charge in [0.15, 0.2) is 5.11 Å². The standard InChI is InChI=1S/C23H22BrFN2O2S/c24-17-9-10-21(29-14-15-5-4-6-18(25)11-15)16(12-17)13-20-22(28)27(23(30)26-20)19-7-2-1-3-8-19/h4-6,9-13,19H,1-3,7-8,14H2,(H,26,30). The Balaban J connectivity index is 1.56. The summed E-state index contributed by atoms with van der Waals surface area (Å²) in [5.74, 6) is 0.209. The van der Waals surface area contributed by atoms with Crippen LogP contribution < -0.4 is 10.1 Å². The van der Waals surface area contributed by atoms with Crippen LogP contribution >= 0.6 is 28.1 Å². The van der Waals surface area contributed by atoms with Crippen LogP contribution in [0.25, 0.3) is 6.08 Å². The van der Waals surface area contributed by atoms with Crippen molar-refractivity contribution in [3.8, 4) is 5.75 Å². The average molecular weight is 489 g/mol. The fourth-order valence-electron chi connectivity index (χ4n) is 3.93. The van der Waals surface area contributed by atoms with Gasteiger partial charge in [-0.2, -0.15) is 0 Å². The molecule has 1 amide bonds. The Kier molecular flexibility index (Phi) is 6.49. The lowest BCUT2D eigenvalue weighted by atomic mass is 9.94. The van der Waals surface area contributed by atoms with Crippen molar-refractivity contribution in [3.63, 3.8) is 0 Å². The second kappa shape index (κ2) is 9.27. The number of hydrogen-bond donors (Lipinski definition) is 1. The second-order valence-corrected chi connectivity index (χ2v) is 8.86. The van der Waals surface area contributed by atoms with Crippen molar-refractivity contribution in [2.45, 2.75) is 44.8 Å². The Morgan fingerprint density at radius 3 is 2.77 bits per heavy atom. The van der Waals surface area contributed by atoms with Crippen molar-refractivity contribution in [1.29, 1.82) is 0 Å². The highest BCUT2D eigenvalue weighted by atomic mass is 79.9. The first kappa shape index (κ1) is 21.0. The molecule has 30 heavy (non-hydrogen) atoms. The monoisotopic (exact) mass is 488 g/mol. The number of benzene rings is 2. The van der Waals surface area contributed by atoms with E-state index in [0.29, 0.717) is 16.6 Å². The number of nitrogens with zero attached hydrogens (tertiary/aromatic N) is 1. The molecule has 156 valence electrons. The fourth-order valence-corrected chi connectivity index (χ4v) is 4.65. The highest BCUT2D eigenvalue weighted by molar-refractivity contribution is 9.10. The van der Waals surface area contributed by atoms with Crippen LogP contribution in [-0.2, 0) is 11.4 Å². The van der Waals surface area contributed by atoms with E-state index in [1.54, 1.807) is 17.0 Å². The number of halogens is 2. The predicted octanol–water partition coefficient (Wildman–Crippen LogP) is 5.56. The molecule has 2 fully saturated rings. The minimum Gasteiger partial charge on any atom is -0.488 e. The first-order chi connectivity index (χ1) is 14.5. The molecule has 2 aliphatic rings. The van der Waals surface area contributed by atoms with Gasteiger partial charge in [0.05, 0.1) is 0 Å². The maximum atomic E-state index is 13.4. The van der Waals surface area contributed by atoms with Gasteiger partial charge in [-0.15, -0.1) is 0 Å². The van der Waals surface area contributed by atoms with E-state index in [9.17, 15) is 9.18 Å². The second-order valence-electron chi connectivity index (χ2n) is 7.56. The van der Waals surface area contributed by atoms with Crippen LogP contribution in [0.5, 0.6) is 5.75 Å². The SMILES string of the molecule is O=C1C(=Cc2cc(Br)ccc2OCc2cccc(F)c2)NC(=S)N1C1CCCCC1. The smallest absolute Gasteiger partial charge is 0.276 e. The molecular formula is C23H22BrFN2O2S. The van der Waals surface area contributed by atoms with Crippen LogP contribution in [0.15, 0.2) is 52.6 Å². The summed E-state index contributed by atoms with van der Waals surface area (Å²) in [6.07, 6.45) is 7.20. The molecule has 1 heterocycles. The summed E-state index contributed by atoms with van der Waals surface area (Å²) in [7, 11) is 0. The third-order valence-corrected chi connectivity index (χ3v) is 6.20. The topological polar surface area (TPSA) is 41.6 Å². The molecule has 2 aromatic carbocycles. The summed E-state index contributed by atoms with van der Waals surface area (Å²) in [5, 5.41) is 3.54.